The molecular formula is C16H24N4O2. The third-order valence-corrected chi connectivity index (χ3v) is 3.45. The van der Waals surface area contributed by atoms with Crippen LogP contribution in [-0.2, 0) is 24.4 Å². The van der Waals surface area contributed by atoms with E-state index in [1.165, 1.54) is 5.56 Å². The van der Waals surface area contributed by atoms with E-state index in [1.807, 2.05) is 16.8 Å². The maximum Gasteiger partial charge on any atom is 0.119 e. The Morgan fingerprint density at radius 2 is 1.95 bits per heavy atom. The molecule has 1 heterocycles. The number of rotatable bonds is 9. The predicted molar refractivity (Wildman–Crippen MR) is 84.5 cm³/mol. The summed E-state index contributed by atoms with van der Waals surface area (Å²) >= 11 is 0. The number of nitrogens with two attached hydrogens (primary N) is 1. The molecule has 22 heavy (non-hydrogen) atoms. The van der Waals surface area contributed by atoms with Crippen molar-refractivity contribution in [3.05, 3.63) is 41.2 Å². The number of hydrogen-bond donors (Lipinski definition) is 1. The third kappa shape index (κ3) is 4.54. The molecule has 0 unspecified atom stereocenters. The standard InChI is InChI=1S/C16H24N4O2/c1-13-5-7-14(8-6-13)22-10-4-3-9-20-16(12-21-2)15(11-17)18-19-20/h5-8H,3-4,9-12,17H2,1-2H3. The number of aromatic nitrogens is 3. The highest BCUT2D eigenvalue weighted by Gasteiger charge is 2.10. The molecule has 2 rings (SSSR count). The molecule has 0 spiro atoms. The van der Waals surface area contributed by atoms with E-state index in [2.05, 4.69) is 29.4 Å². The number of unbranched alkanes of at least 4 members (excludes halogenated alkanes) is 1. The molecule has 120 valence electrons. The quantitative estimate of drug-likeness (QED) is 0.718. The number of methoxy groups -OCH3 is 1. The van der Waals surface area contributed by atoms with Gasteiger partial charge < -0.3 is 15.2 Å². The predicted octanol–water partition coefficient (Wildman–Crippen LogP) is 2.05. The van der Waals surface area contributed by atoms with Crippen molar-refractivity contribution in [3.8, 4) is 5.75 Å². The van der Waals surface area contributed by atoms with Gasteiger partial charge in [0.2, 0.25) is 0 Å². The van der Waals surface area contributed by atoms with Crippen LogP contribution in [-0.4, -0.2) is 28.7 Å². The number of aryl methyl sites for hydroxylation is 2. The number of hydrogen-bond acceptors (Lipinski definition) is 5. The average Bonchev–Trinajstić information content (AvgIpc) is 2.91. The second-order valence-corrected chi connectivity index (χ2v) is 5.21. The summed E-state index contributed by atoms with van der Waals surface area (Å²) in [4.78, 5) is 0. The summed E-state index contributed by atoms with van der Waals surface area (Å²) in [7, 11) is 1.66. The smallest absolute Gasteiger partial charge is 0.119 e. The average molecular weight is 304 g/mol. The van der Waals surface area contributed by atoms with Crippen LogP contribution in [0.2, 0.25) is 0 Å². The monoisotopic (exact) mass is 304 g/mol. The summed E-state index contributed by atoms with van der Waals surface area (Å²) in [6.45, 7) is 4.42. The Kier molecular flexibility index (Phi) is 6.36. The van der Waals surface area contributed by atoms with E-state index in [0.717, 1.165) is 36.5 Å². The highest BCUT2D eigenvalue weighted by atomic mass is 16.5. The van der Waals surface area contributed by atoms with Crippen LogP contribution in [0.4, 0.5) is 0 Å². The first-order valence-electron chi connectivity index (χ1n) is 7.54. The zero-order chi connectivity index (χ0) is 15.8. The fourth-order valence-electron chi connectivity index (χ4n) is 2.19. The molecule has 6 nitrogen and oxygen atoms in total. The maximum atomic E-state index is 5.71. The van der Waals surface area contributed by atoms with Gasteiger partial charge in [0, 0.05) is 20.2 Å². The minimum atomic E-state index is 0.384. The van der Waals surface area contributed by atoms with Crippen molar-refractivity contribution >= 4 is 0 Å². The Bertz CT molecular complexity index is 566. The largest absolute Gasteiger partial charge is 0.494 e. The summed E-state index contributed by atoms with van der Waals surface area (Å²) < 4.78 is 12.8. The van der Waals surface area contributed by atoms with Crippen LogP contribution in [0.1, 0.15) is 29.8 Å². The highest BCUT2D eigenvalue weighted by molar-refractivity contribution is 5.26. The van der Waals surface area contributed by atoms with Gasteiger partial charge in [-0.05, 0) is 31.9 Å². The molecule has 0 saturated heterocycles. The van der Waals surface area contributed by atoms with E-state index in [9.17, 15) is 0 Å². The molecule has 0 atom stereocenters. The van der Waals surface area contributed by atoms with Crippen LogP contribution in [0, 0.1) is 6.92 Å². The van der Waals surface area contributed by atoms with Crippen molar-refractivity contribution in [2.24, 2.45) is 5.73 Å². The minimum absolute atomic E-state index is 0.384. The molecule has 0 aliphatic carbocycles. The Labute approximate surface area is 131 Å². The van der Waals surface area contributed by atoms with Crippen LogP contribution >= 0.6 is 0 Å². The second-order valence-electron chi connectivity index (χ2n) is 5.21. The van der Waals surface area contributed by atoms with Gasteiger partial charge in [0.15, 0.2) is 0 Å². The first-order chi connectivity index (χ1) is 10.7. The van der Waals surface area contributed by atoms with Gasteiger partial charge in [0.1, 0.15) is 11.4 Å². The fourth-order valence-corrected chi connectivity index (χ4v) is 2.19. The van der Waals surface area contributed by atoms with Crippen LogP contribution in [0.5, 0.6) is 5.75 Å². The van der Waals surface area contributed by atoms with Crippen LogP contribution < -0.4 is 10.5 Å². The van der Waals surface area contributed by atoms with E-state index in [0.29, 0.717) is 19.8 Å². The van der Waals surface area contributed by atoms with Gasteiger partial charge in [-0.3, -0.25) is 0 Å². The van der Waals surface area contributed by atoms with E-state index >= 15 is 0 Å². The first kappa shape index (κ1) is 16.5. The van der Waals surface area contributed by atoms with Gasteiger partial charge in [0.05, 0.1) is 18.9 Å². The van der Waals surface area contributed by atoms with Gasteiger partial charge in [-0.15, -0.1) is 5.10 Å². The third-order valence-electron chi connectivity index (χ3n) is 3.45. The van der Waals surface area contributed by atoms with Crippen molar-refractivity contribution in [3.63, 3.8) is 0 Å². The van der Waals surface area contributed by atoms with E-state index in [-0.39, 0.29) is 0 Å². The second kappa shape index (κ2) is 8.51. The molecule has 0 radical (unpaired) electrons. The normalized spacial score (nSPS) is 10.9. The van der Waals surface area contributed by atoms with Crippen LogP contribution in [0.25, 0.3) is 0 Å². The van der Waals surface area contributed by atoms with Crippen molar-refractivity contribution in [1.82, 2.24) is 15.0 Å². The molecule has 0 amide bonds. The maximum absolute atomic E-state index is 5.71. The number of ether oxygens (including phenoxy) is 2. The van der Waals surface area contributed by atoms with Gasteiger partial charge >= 0.3 is 0 Å². The van der Waals surface area contributed by atoms with Crippen molar-refractivity contribution in [2.75, 3.05) is 13.7 Å². The molecule has 6 heteroatoms. The zero-order valence-corrected chi connectivity index (χ0v) is 13.3. The lowest BCUT2D eigenvalue weighted by atomic mass is 10.2. The molecule has 0 saturated carbocycles. The van der Waals surface area contributed by atoms with Gasteiger partial charge in [-0.2, -0.15) is 0 Å². The molecule has 2 N–H and O–H groups in total. The Morgan fingerprint density at radius 3 is 2.64 bits per heavy atom. The first-order valence-corrected chi connectivity index (χ1v) is 7.54. The summed E-state index contributed by atoms with van der Waals surface area (Å²) in [6.07, 6.45) is 1.92. The lowest BCUT2D eigenvalue weighted by Crippen LogP contribution is -2.10. The zero-order valence-electron chi connectivity index (χ0n) is 13.3. The van der Waals surface area contributed by atoms with E-state index in [4.69, 9.17) is 15.2 Å². The Balaban J connectivity index is 1.74. The van der Waals surface area contributed by atoms with E-state index in [1.54, 1.807) is 7.11 Å². The Hall–Kier alpha value is -1.92. The SMILES string of the molecule is COCc1c(CN)nnn1CCCCOc1ccc(C)cc1. The van der Waals surface area contributed by atoms with E-state index < -0.39 is 0 Å². The Morgan fingerprint density at radius 1 is 1.18 bits per heavy atom. The van der Waals surface area contributed by atoms with Gasteiger partial charge in [-0.25, -0.2) is 4.68 Å². The molecule has 0 bridgehead atoms. The van der Waals surface area contributed by atoms with Gasteiger partial charge in [-0.1, -0.05) is 22.9 Å². The minimum Gasteiger partial charge on any atom is -0.494 e. The van der Waals surface area contributed by atoms with Gasteiger partial charge in [0.25, 0.3) is 0 Å². The summed E-state index contributed by atoms with van der Waals surface area (Å²) in [5.74, 6) is 0.914. The summed E-state index contributed by atoms with van der Waals surface area (Å²) in [5.41, 5.74) is 8.66. The van der Waals surface area contributed by atoms with Crippen LogP contribution in [0.15, 0.2) is 24.3 Å². The lowest BCUT2D eigenvalue weighted by molar-refractivity contribution is 0.175. The summed E-state index contributed by atoms with van der Waals surface area (Å²) in [5, 5.41) is 8.22. The molecule has 0 aliphatic rings. The van der Waals surface area contributed by atoms with Crippen LogP contribution in [0.3, 0.4) is 0 Å². The molecule has 1 aromatic carbocycles. The topological polar surface area (TPSA) is 75.2 Å². The highest BCUT2D eigenvalue weighted by Crippen LogP contribution is 2.12. The van der Waals surface area contributed by atoms with Crippen molar-refractivity contribution in [2.45, 2.75) is 39.5 Å². The fraction of sp³-hybridized carbons (Fsp3) is 0.500. The molecule has 1 aromatic heterocycles. The molecule has 0 aliphatic heterocycles. The lowest BCUT2D eigenvalue weighted by Gasteiger charge is -2.08. The number of benzene rings is 1. The molecule has 2 aromatic rings. The molecule has 0 fully saturated rings. The molecular weight excluding hydrogens is 280 g/mol. The summed E-state index contributed by atoms with van der Waals surface area (Å²) in [6, 6.07) is 8.10. The van der Waals surface area contributed by atoms with Crippen molar-refractivity contribution in [1.29, 1.82) is 0 Å². The number of nitrogens with zero attached hydrogens (tertiary/aromatic N) is 3. The van der Waals surface area contributed by atoms with Crippen molar-refractivity contribution < 1.29 is 9.47 Å².